The molecule has 1 aromatic heterocycles. The second kappa shape index (κ2) is 7.99. The molecule has 0 bridgehead atoms. The molecule has 2 N–H and O–H groups in total. The molecule has 0 atom stereocenters. The highest BCUT2D eigenvalue weighted by atomic mass is 35.5. The van der Waals surface area contributed by atoms with Crippen LogP contribution in [0.3, 0.4) is 0 Å². The summed E-state index contributed by atoms with van der Waals surface area (Å²) in [6, 6.07) is 18.2. The van der Waals surface area contributed by atoms with Crippen molar-refractivity contribution in [1.29, 1.82) is 0 Å². The molecule has 128 valence electrons. The highest BCUT2D eigenvalue weighted by molar-refractivity contribution is 6.31. The van der Waals surface area contributed by atoms with E-state index in [2.05, 4.69) is 44.9 Å². The van der Waals surface area contributed by atoms with Gasteiger partial charge in [-0.15, -0.1) is 0 Å². The van der Waals surface area contributed by atoms with Gasteiger partial charge in [0.05, 0.1) is 0 Å². The quantitative estimate of drug-likeness (QED) is 0.644. The van der Waals surface area contributed by atoms with Gasteiger partial charge in [-0.05, 0) is 43.5 Å². The van der Waals surface area contributed by atoms with Gasteiger partial charge in [0.1, 0.15) is 17.5 Å². The minimum absolute atomic E-state index is 0.713. The molecule has 0 aliphatic carbocycles. The van der Waals surface area contributed by atoms with Crippen LogP contribution in [-0.2, 0) is 6.42 Å². The Hall–Kier alpha value is -2.59. The van der Waals surface area contributed by atoms with Crippen LogP contribution in [0.1, 0.15) is 17.0 Å². The van der Waals surface area contributed by atoms with E-state index in [1.54, 1.807) is 0 Å². The van der Waals surface area contributed by atoms with Gasteiger partial charge in [-0.3, -0.25) is 0 Å². The smallest absolute Gasteiger partial charge is 0.136 e. The summed E-state index contributed by atoms with van der Waals surface area (Å²) in [5, 5.41) is 7.38. The molecule has 1 heterocycles. The average molecular weight is 353 g/mol. The molecule has 5 heteroatoms. The van der Waals surface area contributed by atoms with Gasteiger partial charge in [-0.1, -0.05) is 48.0 Å². The largest absolute Gasteiger partial charge is 0.370 e. The van der Waals surface area contributed by atoms with Crippen molar-refractivity contribution in [3.8, 4) is 0 Å². The summed E-state index contributed by atoms with van der Waals surface area (Å²) in [6.07, 6.45) is 0.945. The van der Waals surface area contributed by atoms with Gasteiger partial charge in [0.15, 0.2) is 0 Å². The summed E-state index contributed by atoms with van der Waals surface area (Å²) in [4.78, 5) is 8.89. The zero-order valence-corrected chi connectivity index (χ0v) is 15.1. The van der Waals surface area contributed by atoms with Crippen molar-refractivity contribution < 1.29 is 0 Å². The van der Waals surface area contributed by atoms with Gasteiger partial charge in [0.25, 0.3) is 0 Å². The molecule has 0 saturated heterocycles. The number of anilines is 3. The summed E-state index contributed by atoms with van der Waals surface area (Å²) in [6.45, 7) is 4.68. The van der Waals surface area contributed by atoms with Crippen LogP contribution in [0.25, 0.3) is 0 Å². The minimum atomic E-state index is 0.713. The number of hydrogen-bond donors (Lipinski definition) is 2. The zero-order chi connectivity index (χ0) is 17.6. The molecule has 3 rings (SSSR count). The van der Waals surface area contributed by atoms with Crippen LogP contribution in [0.4, 0.5) is 17.3 Å². The van der Waals surface area contributed by atoms with E-state index in [4.69, 9.17) is 11.6 Å². The van der Waals surface area contributed by atoms with Crippen LogP contribution < -0.4 is 10.6 Å². The summed E-state index contributed by atoms with van der Waals surface area (Å²) in [7, 11) is 0. The van der Waals surface area contributed by atoms with Gasteiger partial charge in [-0.25, -0.2) is 9.97 Å². The Balaban J connectivity index is 1.66. The van der Waals surface area contributed by atoms with Crippen molar-refractivity contribution in [2.24, 2.45) is 0 Å². The second-order valence-electron chi connectivity index (χ2n) is 5.94. The predicted molar refractivity (Wildman–Crippen MR) is 105 cm³/mol. The maximum atomic E-state index is 6.18. The molecule has 0 fully saturated rings. The van der Waals surface area contributed by atoms with E-state index in [0.29, 0.717) is 5.82 Å². The molecule has 0 aliphatic rings. The summed E-state index contributed by atoms with van der Waals surface area (Å²) < 4.78 is 0. The van der Waals surface area contributed by atoms with Crippen LogP contribution in [0.5, 0.6) is 0 Å². The molecule has 0 amide bonds. The molecular weight excluding hydrogens is 332 g/mol. The lowest BCUT2D eigenvalue weighted by atomic mass is 10.1. The molecule has 0 saturated carbocycles. The fraction of sp³-hybridized carbons (Fsp3) is 0.200. The Bertz CT molecular complexity index is 850. The molecular formula is C20H21ClN4. The Morgan fingerprint density at radius 3 is 2.44 bits per heavy atom. The van der Waals surface area contributed by atoms with Crippen LogP contribution in [0, 0.1) is 13.8 Å². The maximum Gasteiger partial charge on any atom is 0.136 e. The molecule has 3 aromatic rings. The van der Waals surface area contributed by atoms with Gasteiger partial charge in [0, 0.05) is 23.3 Å². The van der Waals surface area contributed by atoms with Crippen LogP contribution in [0.2, 0.25) is 5.02 Å². The number of hydrogen-bond acceptors (Lipinski definition) is 4. The number of halogens is 1. The number of aromatic nitrogens is 2. The summed E-state index contributed by atoms with van der Waals surface area (Å²) >= 11 is 6.18. The van der Waals surface area contributed by atoms with Gasteiger partial charge in [-0.2, -0.15) is 0 Å². The first-order valence-corrected chi connectivity index (χ1v) is 8.64. The molecule has 2 aromatic carbocycles. The first kappa shape index (κ1) is 17.2. The summed E-state index contributed by atoms with van der Waals surface area (Å²) in [5.41, 5.74) is 3.26. The third-order valence-electron chi connectivity index (χ3n) is 3.84. The van der Waals surface area contributed by atoms with Crippen molar-refractivity contribution in [3.63, 3.8) is 0 Å². The van der Waals surface area contributed by atoms with Crippen molar-refractivity contribution in [2.45, 2.75) is 20.3 Å². The lowest BCUT2D eigenvalue weighted by Crippen LogP contribution is -2.08. The number of rotatable bonds is 6. The lowest BCUT2D eigenvalue weighted by molar-refractivity contribution is 0.983. The fourth-order valence-corrected chi connectivity index (χ4v) is 2.70. The van der Waals surface area contributed by atoms with Gasteiger partial charge >= 0.3 is 0 Å². The average Bonchev–Trinajstić information content (AvgIpc) is 2.59. The molecule has 0 aliphatic heterocycles. The topological polar surface area (TPSA) is 49.8 Å². The number of aryl methyl sites for hydroxylation is 2. The number of nitrogens with one attached hydrogen (secondary N) is 2. The van der Waals surface area contributed by atoms with E-state index in [-0.39, 0.29) is 0 Å². The van der Waals surface area contributed by atoms with E-state index in [1.807, 2.05) is 44.2 Å². The third-order valence-corrected chi connectivity index (χ3v) is 4.25. The van der Waals surface area contributed by atoms with Crippen molar-refractivity contribution in [2.75, 3.05) is 17.2 Å². The highest BCUT2D eigenvalue weighted by Gasteiger charge is 2.04. The second-order valence-corrected chi connectivity index (χ2v) is 6.34. The minimum Gasteiger partial charge on any atom is -0.370 e. The third kappa shape index (κ3) is 4.94. The maximum absolute atomic E-state index is 6.18. The monoisotopic (exact) mass is 352 g/mol. The SMILES string of the molecule is Cc1nc(NCCc2ccccc2)cc(Nc2ccc(C)c(Cl)c2)n1. The Kier molecular flexibility index (Phi) is 5.51. The molecule has 0 unspecified atom stereocenters. The van der Waals surface area contributed by atoms with Crippen molar-refractivity contribution in [1.82, 2.24) is 9.97 Å². The predicted octanol–water partition coefficient (Wildman–Crippen LogP) is 5.15. The van der Waals surface area contributed by atoms with E-state index < -0.39 is 0 Å². The van der Waals surface area contributed by atoms with Crippen LogP contribution in [0.15, 0.2) is 54.6 Å². The molecule has 4 nitrogen and oxygen atoms in total. The lowest BCUT2D eigenvalue weighted by Gasteiger charge is -2.11. The zero-order valence-electron chi connectivity index (χ0n) is 14.4. The van der Waals surface area contributed by atoms with E-state index in [1.165, 1.54) is 5.56 Å². The van der Waals surface area contributed by atoms with Crippen LogP contribution in [-0.4, -0.2) is 16.5 Å². The Labute approximate surface area is 153 Å². The van der Waals surface area contributed by atoms with Crippen molar-refractivity contribution >= 4 is 28.9 Å². The van der Waals surface area contributed by atoms with E-state index in [9.17, 15) is 0 Å². The molecule has 0 spiro atoms. The molecule has 25 heavy (non-hydrogen) atoms. The van der Waals surface area contributed by atoms with Gasteiger partial charge in [0.2, 0.25) is 0 Å². The van der Waals surface area contributed by atoms with Gasteiger partial charge < -0.3 is 10.6 Å². The van der Waals surface area contributed by atoms with Crippen LogP contribution >= 0.6 is 11.6 Å². The number of benzene rings is 2. The van der Waals surface area contributed by atoms with E-state index in [0.717, 1.165) is 40.9 Å². The Morgan fingerprint density at radius 1 is 0.920 bits per heavy atom. The highest BCUT2D eigenvalue weighted by Crippen LogP contribution is 2.23. The standard InChI is InChI=1S/C20H21ClN4/c1-14-8-9-17(12-18(14)21)25-20-13-19(23-15(2)24-20)22-11-10-16-6-4-3-5-7-16/h3-9,12-13H,10-11H2,1-2H3,(H2,22,23,24,25). The summed E-state index contributed by atoms with van der Waals surface area (Å²) in [5.74, 6) is 2.27. The van der Waals surface area contributed by atoms with E-state index >= 15 is 0 Å². The molecule has 0 radical (unpaired) electrons. The fourth-order valence-electron chi connectivity index (χ4n) is 2.52. The first-order chi connectivity index (χ1) is 12.1. The Morgan fingerprint density at radius 2 is 1.68 bits per heavy atom. The normalized spacial score (nSPS) is 10.5. The van der Waals surface area contributed by atoms with Crippen molar-refractivity contribution in [3.05, 3.63) is 76.6 Å². The number of nitrogens with zero attached hydrogens (tertiary/aromatic N) is 2. The first-order valence-electron chi connectivity index (χ1n) is 8.27.